The van der Waals surface area contributed by atoms with Gasteiger partial charge in [0.15, 0.2) is 5.82 Å². The molecule has 0 aliphatic carbocycles. The predicted molar refractivity (Wildman–Crippen MR) is 100 cm³/mol. The number of amides is 2. The van der Waals surface area contributed by atoms with E-state index in [1.54, 1.807) is 41.5 Å². The lowest BCUT2D eigenvalue weighted by atomic mass is 10.1. The summed E-state index contributed by atoms with van der Waals surface area (Å²) in [6.07, 6.45) is 5.00. The average molecular weight is 397 g/mol. The molecule has 0 bridgehead atoms. The van der Waals surface area contributed by atoms with Gasteiger partial charge < -0.3 is 10.2 Å². The van der Waals surface area contributed by atoms with Gasteiger partial charge in [-0.2, -0.15) is 5.10 Å². The number of anilines is 1. The molecule has 1 aromatic carbocycles. The van der Waals surface area contributed by atoms with Gasteiger partial charge in [0.25, 0.3) is 0 Å². The Morgan fingerprint density at radius 1 is 1.21 bits per heavy atom. The standard InChI is InChI=1S/C20H17F2N5O2/c21-15-2-3-17(16(22)10-15)26-12-14(9-19(26)28)20(29)24-11-13-4-6-23-18(8-13)27-7-1-5-25-27/h1-8,10,14H,9,11-12H2,(H,24,29). The maximum Gasteiger partial charge on any atom is 0.227 e. The maximum absolute atomic E-state index is 14.0. The van der Waals surface area contributed by atoms with Crippen LogP contribution in [0.3, 0.4) is 0 Å². The molecule has 1 unspecified atom stereocenters. The van der Waals surface area contributed by atoms with Crippen LogP contribution < -0.4 is 10.2 Å². The highest BCUT2D eigenvalue weighted by Crippen LogP contribution is 2.28. The highest BCUT2D eigenvalue weighted by atomic mass is 19.1. The van der Waals surface area contributed by atoms with Crippen molar-refractivity contribution in [3.63, 3.8) is 0 Å². The molecule has 2 amide bonds. The molecule has 29 heavy (non-hydrogen) atoms. The fourth-order valence-corrected chi connectivity index (χ4v) is 3.25. The molecule has 3 heterocycles. The minimum Gasteiger partial charge on any atom is -0.352 e. The molecular formula is C20H17F2N5O2. The van der Waals surface area contributed by atoms with Crippen LogP contribution in [0.4, 0.5) is 14.5 Å². The number of aromatic nitrogens is 3. The predicted octanol–water partition coefficient (Wildman–Crippen LogP) is 2.21. The third-order valence-electron chi connectivity index (χ3n) is 4.71. The molecule has 7 nitrogen and oxygen atoms in total. The van der Waals surface area contributed by atoms with Crippen molar-refractivity contribution < 1.29 is 18.4 Å². The molecule has 1 aliphatic heterocycles. The smallest absolute Gasteiger partial charge is 0.227 e. The van der Waals surface area contributed by atoms with Crippen molar-refractivity contribution in [1.29, 1.82) is 0 Å². The number of carbonyl (C=O) groups excluding carboxylic acids is 2. The van der Waals surface area contributed by atoms with E-state index in [4.69, 9.17) is 0 Å². The number of hydrogen-bond donors (Lipinski definition) is 1. The summed E-state index contributed by atoms with van der Waals surface area (Å²) in [5, 5.41) is 6.91. The Labute approximate surface area is 165 Å². The quantitative estimate of drug-likeness (QED) is 0.716. The van der Waals surface area contributed by atoms with E-state index < -0.39 is 17.6 Å². The molecule has 3 aromatic rings. The number of pyridine rings is 1. The third kappa shape index (κ3) is 3.98. The van der Waals surface area contributed by atoms with Crippen molar-refractivity contribution in [3.8, 4) is 5.82 Å². The minimum atomic E-state index is -0.831. The normalized spacial score (nSPS) is 16.3. The number of rotatable bonds is 5. The van der Waals surface area contributed by atoms with E-state index in [9.17, 15) is 18.4 Å². The van der Waals surface area contributed by atoms with Crippen LogP contribution in [0.1, 0.15) is 12.0 Å². The van der Waals surface area contributed by atoms with Gasteiger partial charge in [-0.15, -0.1) is 0 Å². The van der Waals surface area contributed by atoms with E-state index in [2.05, 4.69) is 15.4 Å². The van der Waals surface area contributed by atoms with Crippen LogP contribution in [0.5, 0.6) is 0 Å². The first-order valence-corrected chi connectivity index (χ1v) is 8.99. The zero-order valence-electron chi connectivity index (χ0n) is 15.3. The first-order valence-electron chi connectivity index (χ1n) is 8.99. The van der Waals surface area contributed by atoms with Gasteiger partial charge in [-0.05, 0) is 35.9 Å². The van der Waals surface area contributed by atoms with Crippen LogP contribution in [0.15, 0.2) is 55.0 Å². The van der Waals surface area contributed by atoms with Crippen LogP contribution >= 0.6 is 0 Å². The molecule has 1 saturated heterocycles. The number of benzene rings is 1. The molecule has 148 valence electrons. The van der Waals surface area contributed by atoms with Crippen molar-refractivity contribution in [3.05, 3.63) is 72.2 Å². The first-order chi connectivity index (χ1) is 14.0. The maximum atomic E-state index is 14.0. The number of nitrogens with zero attached hydrogens (tertiary/aromatic N) is 4. The van der Waals surface area contributed by atoms with E-state index in [1.807, 2.05) is 0 Å². The fraction of sp³-hybridized carbons (Fsp3) is 0.200. The van der Waals surface area contributed by atoms with Gasteiger partial charge >= 0.3 is 0 Å². The second kappa shape index (κ2) is 7.78. The highest BCUT2D eigenvalue weighted by molar-refractivity contribution is 6.00. The molecule has 4 rings (SSSR count). The lowest BCUT2D eigenvalue weighted by molar-refractivity contribution is -0.126. The number of hydrogen-bond acceptors (Lipinski definition) is 4. The van der Waals surface area contributed by atoms with Crippen LogP contribution in [0.25, 0.3) is 5.82 Å². The highest BCUT2D eigenvalue weighted by Gasteiger charge is 2.36. The summed E-state index contributed by atoms with van der Waals surface area (Å²) in [6.45, 7) is 0.299. The Hall–Kier alpha value is -3.62. The molecule has 1 N–H and O–H groups in total. The number of halogens is 2. The van der Waals surface area contributed by atoms with Crippen LogP contribution in [-0.4, -0.2) is 33.1 Å². The second-order valence-corrected chi connectivity index (χ2v) is 6.69. The largest absolute Gasteiger partial charge is 0.352 e. The molecule has 1 fully saturated rings. The fourth-order valence-electron chi connectivity index (χ4n) is 3.25. The van der Waals surface area contributed by atoms with Gasteiger partial charge in [0.1, 0.15) is 11.6 Å². The van der Waals surface area contributed by atoms with Gasteiger partial charge in [0, 0.05) is 44.2 Å². The summed E-state index contributed by atoms with van der Waals surface area (Å²) in [4.78, 5) is 30.2. The molecule has 0 radical (unpaired) electrons. The minimum absolute atomic E-state index is 0.0234. The van der Waals surface area contributed by atoms with Crippen molar-refractivity contribution in [2.24, 2.45) is 5.92 Å². The summed E-state index contributed by atoms with van der Waals surface area (Å²) in [6, 6.07) is 8.36. The summed E-state index contributed by atoms with van der Waals surface area (Å²) in [7, 11) is 0. The molecule has 1 aliphatic rings. The topological polar surface area (TPSA) is 80.1 Å². The summed E-state index contributed by atoms with van der Waals surface area (Å²) in [5.74, 6) is -2.22. The van der Waals surface area contributed by atoms with E-state index in [0.29, 0.717) is 5.82 Å². The number of carbonyl (C=O) groups is 2. The average Bonchev–Trinajstić information content (AvgIpc) is 3.37. The molecule has 0 spiro atoms. The van der Waals surface area contributed by atoms with Crippen LogP contribution in [0, 0.1) is 17.6 Å². The Morgan fingerprint density at radius 2 is 2.07 bits per heavy atom. The summed E-state index contributed by atoms with van der Waals surface area (Å²) in [5.41, 5.74) is 0.800. The first kappa shape index (κ1) is 18.7. The van der Waals surface area contributed by atoms with Gasteiger partial charge in [0.2, 0.25) is 11.8 Å². The van der Waals surface area contributed by atoms with Crippen molar-refractivity contribution in [2.45, 2.75) is 13.0 Å². The molecular weight excluding hydrogens is 380 g/mol. The van der Waals surface area contributed by atoms with E-state index in [-0.39, 0.29) is 37.0 Å². The van der Waals surface area contributed by atoms with Crippen LogP contribution in [-0.2, 0) is 16.1 Å². The Balaban J connectivity index is 1.39. The van der Waals surface area contributed by atoms with E-state index >= 15 is 0 Å². The monoisotopic (exact) mass is 397 g/mol. The third-order valence-corrected chi connectivity index (χ3v) is 4.71. The second-order valence-electron chi connectivity index (χ2n) is 6.69. The van der Waals surface area contributed by atoms with E-state index in [0.717, 1.165) is 17.7 Å². The van der Waals surface area contributed by atoms with Crippen molar-refractivity contribution in [1.82, 2.24) is 20.1 Å². The SMILES string of the molecule is O=C(NCc1ccnc(-n2cccn2)c1)C1CC(=O)N(c2ccc(F)cc2F)C1. The zero-order valence-corrected chi connectivity index (χ0v) is 15.3. The lowest BCUT2D eigenvalue weighted by Crippen LogP contribution is -2.32. The van der Waals surface area contributed by atoms with Crippen molar-refractivity contribution >= 4 is 17.5 Å². The van der Waals surface area contributed by atoms with Gasteiger partial charge in [-0.25, -0.2) is 18.4 Å². The lowest BCUT2D eigenvalue weighted by Gasteiger charge is -2.17. The zero-order chi connectivity index (χ0) is 20.4. The summed E-state index contributed by atoms with van der Waals surface area (Å²) < 4.78 is 28.7. The Bertz CT molecular complexity index is 1050. The Kier molecular flexibility index (Phi) is 5.03. The van der Waals surface area contributed by atoms with E-state index in [1.165, 1.54) is 11.0 Å². The molecule has 1 atom stereocenters. The van der Waals surface area contributed by atoms with Crippen molar-refractivity contribution in [2.75, 3.05) is 11.4 Å². The van der Waals surface area contributed by atoms with Crippen LogP contribution in [0.2, 0.25) is 0 Å². The molecule has 2 aromatic heterocycles. The Morgan fingerprint density at radius 3 is 2.83 bits per heavy atom. The molecule has 0 saturated carbocycles. The molecule has 9 heteroatoms. The number of nitrogens with one attached hydrogen (secondary N) is 1. The van der Waals surface area contributed by atoms with Gasteiger partial charge in [-0.3, -0.25) is 9.59 Å². The van der Waals surface area contributed by atoms with Gasteiger partial charge in [0.05, 0.1) is 11.6 Å². The summed E-state index contributed by atoms with van der Waals surface area (Å²) >= 11 is 0. The van der Waals surface area contributed by atoms with Gasteiger partial charge in [-0.1, -0.05) is 0 Å².